The van der Waals surface area contributed by atoms with Crippen LogP contribution in [0.4, 0.5) is 9.59 Å². The lowest BCUT2D eigenvalue weighted by atomic mass is 10.2. The number of hydrogen-bond acceptors (Lipinski definition) is 4. The summed E-state index contributed by atoms with van der Waals surface area (Å²) in [6, 6.07) is 10.7. The summed E-state index contributed by atoms with van der Waals surface area (Å²) in [5, 5.41) is 2.88. The minimum atomic E-state index is -0.521. The summed E-state index contributed by atoms with van der Waals surface area (Å²) in [5.74, 6) is 0. The highest BCUT2D eigenvalue weighted by Crippen LogP contribution is 2.20. The Kier molecular flexibility index (Phi) is 6.67. The topological polar surface area (TPSA) is 65.1 Å². The fourth-order valence-corrected chi connectivity index (χ4v) is 4.02. The predicted octanol–water partition coefficient (Wildman–Crippen LogP) is 2.91. The molecular weight excluding hydrogens is 368 g/mol. The average molecular weight is 403 g/mol. The van der Waals surface area contributed by atoms with Crippen molar-refractivity contribution in [3.8, 4) is 0 Å². The van der Waals surface area contributed by atoms with E-state index in [0.717, 1.165) is 32.5 Å². The monoisotopic (exact) mass is 402 g/mol. The van der Waals surface area contributed by atoms with Crippen molar-refractivity contribution in [3.63, 3.8) is 0 Å². The summed E-state index contributed by atoms with van der Waals surface area (Å²) >= 11 is 0. The second-order valence-electron chi connectivity index (χ2n) is 9.13. The van der Waals surface area contributed by atoms with Crippen molar-refractivity contribution in [1.82, 2.24) is 20.0 Å². The van der Waals surface area contributed by atoms with E-state index in [1.54, 1.807) is 0 Å². The molecule has 2 saturated heterocycles. The molecule has 2 atom stereocenters. The van der Waals surface area contributed by atoms with Gasteiger partial charge in [0, 0.05) is 45.8 Å². The van der Waals surface area contributed by atoms with Gasteiger partial charge in [-0.2, -0.15) is 0 Å². The normalized spacial score (nSPS) is 22.6. The van der Waals surface area contributed by atoms with E-state index in [-0.39, 0.29) is 18.1 Å². The molecule has 3 rings (SSSR count). The number of nitrogens with one attached hydrogen (secondary N) is 1. The number of urea groups is 1. The van der Waals surface area contributed by atoms with Crippen LogP contribution in [0.1, 0.15) is 39.2 Å². The van der Waals surface area contributed by atoms with E-state index in [2.05, 4.69) is 34.5 Å². The standard InChI is InChI=1S/C22H34N4O3/c1-22(2,3)29-20(27)23-18-10-13-26(15-18)21(28)24(4)19-11-12-25(16-19)14-17-8-6-5-7-9-17/h5-9,18-19H,10-16H2,1-4H3,(H,23,27)/t18-,19-/m0/s1. The van der Waals surface area contributed by atoms with E-state index in [0.29, 0.717) is 13.1 Å². The fraction of sp³-hybridized carbons (Fsp3) is 0.636. The molecule has 2 aliphatic rings. The zero-order valence-electron chi connectivity index (χ0n) is 18.1. The number of likely N-dealkylation sites (N-methyl/N-ethyl adjacent to an activating group) is 1. The molecule has 7 nitrogen and oxygen atoms in total. The van der Waals surface area contributed by atoms with E-state index in [4.69, 9.17) is 4.74 Å². The Labute approximate surface area is 174 Å². The number of hydrogen-bond donors (Lipinski definition) is 1. The number of carbonyl (C=O) groups excluding carboxylic acids is 2. The minimum Gasteiger partial charge on any atom is -0.444 e. The summed E-state index contributed by atoms with van der Waals surface area (Å²) < 4.78 is 5.32. The maximum absolute atomic E-state index is 12.9. The van der Waals surface area contributed by atoms with Crippen LogP contribution in [0.5, 0.6) is 0 Å². The highest BCUT2D eigenvalue weighted by Gasteiger charge is 2.34. The Morgan fingerprint density at radius 1 is 1.14 bits per heavy atom. The largest absolute Gasteiger partial charge is 0.444 e. The maximum Gasteiger partial charge on any atom is 0.407 e. The third-order valence-electron chi connectivity index (χ3n) is 5.53. The van der Waals surface area contributed by atoms with Crippen LogP contribution in [-0.4, -0.2) is 77.7 Å². The summed E-state index contributed by atoms with van der Waals surface area (Å²) in [6.07, 6.45) is 1.32. The lowest BCUT2D eigenvalue weighted by molar-refractivity contribution is 0.0505. The molecule has 2 fully saturated rings. The van der Waals surface area contributed by atoms with Crippen LogP contribution in [0.25, 0.3) is 0 Å². The lowest BCUT2D eigenvalue weighted by Gasteiger charge is -2.30. The molecule has 0 unspecified atom stereocenters. The highest BCUT2D eigenvalue weighted by atomic mass is 16.6. The third-order valence-corrected chi connectivity index (χ3v) is 5.53. The van der Waals surface area contributed by atoms with E-state index >= 15 is 0 Å². The lowest BCUT2D eigenvalue weighted by Crippen LogP contribution is -2.47. The van der Waals surface area contributed by atoms with Crippen LogP contribution >= 0.6 is 0 Å². The summed E-state index contributed by atoms with van der Waals surface area (Å²) in [4.78, 5) is 31.0. The molecule has 0 aromatic heterocycles. The maximum atomic E-state index is 12.9. The molecule has 3 amide bonds. The molecule has 0 radical (unpaired) electrons. The van der Waals surface area contributed by atoms with Crippen LogP contribution in [0.15, 0.2) is 30.3 Å². The molecule has 1 N–H and O–H groups in total. The van der Waals surface area contributed by atoms with Gasteiger partial charge < -0.3 is 19.9 Å². The van der Waals surface area contributed by atoms with Crippen molar-refractivity contribution < 1.29 is 14.3 Å². The Morgan fingerprint density at radius 3 is 2.55 bits per heavy atom. The molecule has 1 aromatic carbocycles. The SMILES string of the molecule is CN(C(=O)N1CC[C@H](NC(=O)OC(C)(C)C)C1)[C@H]1CCN(Cc2ccccc2)C1. The zero-order valence-corrected chi connectivity index (χ0v) is 18.1. The van der Waals surface area contributed by atoms with Gasteiger partial charge in [-0.25, -0.2) is 9.59 Å². The molecule has 2 heterocycles. The first-order valence-corrected chi connectivity index (χ1v) is 10.5. The number of likely N-dealkylation sites (tertiary alicyclic amines) is 2. The van der Waals surface area contributed by atoms with E-state index in [1.807, 2.05) is 43.7 Å². The number of nitrogens with zero attached hydrogens (tertiary/aromatic N) is 3. The first kappa shape index (κ1) is 21.4. The Morgan fingerprint density at radius 2 is 1.86 bits per heavy atom. The van der Waals surface area contributed by atoms with E-state index in [1.165, 1.54) is 5.56 Å². The van der Waals surface area contributed by atoms with Gasteiger partial charge in [-0.05, 0) is 39.2 Å². The van der Waals surface area contributed by atoms with Gasteiger partial charge in [0.1, 0.15) is 5.60 Å². The van der Waals surface area contributed by atoms with Gasteiger partial charge in [0.05, 0.1) is 6.04 Å². The quantitative estimate of drug-likeness (QED) is 0.841. The molecule has 160 valence electrons. The van der Waals surface area contributed by atoms with E-state index < -0.39 is 11.7 Å². The average Bonchev–Trinajstić information content (AvgIpc) is 3.29. The number of benzene rings is 1. The molecular formula is C22H34N4O3. The third kappa shape index (κ3) is 6.10. The molecule has 0 saturated carbocycles. The van der Waals surface area contributed by atoms with Crippen LogP contribution in [-0.2, 0) is 11.3 Å². The molecule has 0 bridgehead atoms. The van der Waals surface area contributed by atoms with Crippen molar-refractivity contribution in [1.29, 1.82) is 0 Å². The molecule has 1 aromatic rings. The predicted molar refractivity (Wildman–Crippen MR) is 113 cm³/mol. The number of carbonyl (C=O) groups is 2. The van der Waals surface area contributed by atoms with Gasteiger partial charge in [-0.3, -0.25) is 4.90 Å². The van der Waals surface area contributed by atoms with Crippen molar-refractivity contribution in [3.05, 3.63) is 35.9 Å². The smallest absolute Gasteiger partial charge is 0.407 e. The highest BCUT2D eigenvalue weighted by molar-refractivity contribution is 5.75. The number of ether oxygens (including phenoxy) is 1. The number of alkyl carbamates (subject to hydrolysis) is 1. The van der Waals surface area contributed by atoms with Crippen LogP contribution in [0.2, 0.25) is 0 Å². The van der Waals surface area contributed by atoms with Crippen LogP contribution < -0.4 is 5.32 Å². The van der Waals surface area contributed by atoms with E-state index in [9.17, 15) is 9.59 Å². The molecule has 2 aliphatic heterocycles. The van der Waals surface area contributed by atoms with Crippen LogP contribution in [0, 0.1) is 0 Å². The molecule has 0 spiro atoms. The first-order chi connectivity index (χ1) is 13.7. The number of amides is 3. The van der Waals surface area contributed by atoms with Gasteiger partial charge in [0.25, 0.3) is 0 Å². The molecule has 7 heteroatoms. The second kappa shape index (κ2) is 9.03. The summed E-state index contributed by atoms with van der Waals surface area (Å²) in [7, 11) is 1.90. The van der Waals surface area contributed by atoms with Gasteiger partial charge in [-0.1, -0.05) is 30.3 Å². The molecule has 0 aliphatic carbocycles. The second-order valence-corrected chi connectivity index (χ2v) is 9.13. The summed E-state index contributed by atoms with van der Waals surface area (Å²) in [5.41, 5.74) is 0.782. The van der Waals surface area contributed by atoms with Gasteiger partial charge in [0.15, 0.2) is 0 Å². The van der Waals surface area contributed by atoms with Crippen molar-refractivity contribution in [2.75, 3.05) is 33.2 Å². The van der Waals surface area contributed by atoms with Gasteiger partial charge in [-0.15, -0.1) is 0 Å². The fourth-order valence-electron chi connectivity index (χ4n) is 4.02. The Hall–Kier alpha value is -2.28. The number of rotatable bonds is 4. The van der Waals surface area contributed by atoms with Crippen LogP contribution in [0.3, 0.4) is 0 Å². The minimum absolute atomic E-state index is 0.0463. The van der Waals surface area contributed by atoms with Gasteiger partial charge >= 0.3 is 12.1 Å². The van der Waals surface area contributed by atoms with Crippen molar-refractivity contribution in [2.24, 2.45) is 0 Å². The Bertz CT molecular complexity index is 704. The molecule has 29 heavy (non-hydrogen) atoms. The van der Waals surface area contributed by atoms with Crippen molar-refractivity contribution in [2.45, 2.75) is 57.8 Å². The summed E-state index contributed by atoms with van der Waals surface area (Å²) in [6.45, 7) is 9.53. The zero-order chi connectivity index (χ0) is 21.0. The van der Waals surface area contributed by atoms with Crippen molar-refractivity contribution >= 4 is 12.1 Å². The van der Waals surface area contributed by atoms with Gasteiger partial charge in [0.2, 0.25) is 0 Å². The first-order valence-electron chi connectivity index (χ1n) is 10.5. The Balaban J connectivity index is 1.45.